The third-order valence-corrected chi connectivity index (χ3v) is 2.11. The second-order valence-corrected chi connectivity index (χ2v) is 3.53. The molecule has 0 rings (SSSR count). The van der Waals surface area contributed by atoms with Crippen molar-refractivity contribution in [2.24, 2.45) is 0 Å². The molecule has 0 heteroatoms. The van der Waals surface area contributed by atoms with Crippen LogP contribution < -0.4 is 0 Å². The average molecular weight is 204 g/mol. The van der Waals surface area contributed by atoms with Crippen LogP contribution in [0.3, 0.4) is 0 Å². The van der Waals surface area contributed by atoms with Gasteiger partial charge in [-0.1, -0.05) is 42.5 Å². The first-order chi connectivity index (χ1) is 7.41. The van der Waals surface area contributed by atoms with Crippen LogP contribution in [0, 0.1) is 0 Å². The summed E-state index contributed by atoms with van der Waals surface area (Å²) in [7, 11) is 0. The molecular weight excluding hydrogens is 180 g/mol. The van der Waals surface area contributed by atoms with Crippen LogP contribution in [-0.4, -0.2) is 0 Å². The van der Waals surface area contributed by atoms with Crippen molar-refractivity contribution in [3.8, 4) is 0 Å². The average Bonchev–Trinajstić information content (AvgIpc) is 2.26. The minimum Gasteiger partial charge on any atom is -0.103 e. The van der Waals surface area contributed by atoms with Crippen molar-refractivity contribution in [1.29, 1.82) is 0 Å². The van der Waals surface area contributed by atoms with Crippen molar-refractivity contribution in [2.75, 3.05) is 0 Å². The van der Waals surface area contributed by atoms with Gasteiger partial charge in [0.2, 0.25) is 0 Å². The molecule has 0 aliphatic rings. The van der Waals surface area contributed by atoms with Crippen LogP contribution in [-0.2, 0) is 0 Å². The summed E-state index contributed by atoms with van der Waals surface area (Å²) in [5.74, 6) is 0. The van der Waals surface area contributed by atoms with Gasteiger partial charge in [-0.25, -0.2) is 0 Å². The third-order valence-electron chi connectivity index (χ3n) is 2.11. The molecule has 0 aliphatic carbocycles. The highest BCUT2D eigenvalue weighted by Gasteiger charge is 1.78. The molecule has 15 heavy (non-hydrogen) atoms. The third kappa shape index (κ3) is 13.0. The number of unbranched alkanes of at least 4 members (excludes halogenated alkanes) is 3. The molecule has 0 N–H and O–H groups in total. The first kappa shape index (κ1) is 14.0. The summed E-state index contributed by atoms with van der Waals surface area (Å²) in [6.45, 7) is 5.76. The highest BCUT2D eigenvalue weighted by Crippen LogP contribution is 1.99. The predicted molar refractivity (Wildman–Crippen MR) is 71.0 cm³/mol. The zero-order chi connectivity index (χ0) is 11.2. The second kappa shape index (κ2) is 13.0. The molecule has 0 atom stereocenters. The summed E-state index contributed by atoms with van der Waals surface area (Å²) < 4.78 is 0. The summed E-state index contributed by atoms with van der Waals surface area (Å²) in [5, 5.41) is 0. The van der Waals surface area contributed by atoms with E-state index in [2.05, 4.69) is 50.0 Å². The van der Waals surface area contributed by atoms with Gasteiger partial charge < -0.3 is 0 Å². The van der Waals surface area contributed by atoms with E-state index >= 15 is 0 Å². The zero-order valence-corrected chi connectivity index (χ0v) is 9.99. The van der Waals surface area contributed by atoms with E-state index in [9.17, 15) is 0 Å². The van der Waals surface area contributed by atoms with Crippen molar-refractivity contribution >= 4 is 0 Å². The van der Waals surface area contributed by atoms with Gasteiger partial charge in [-0.15, -0.1) is 6.58 Å². The van der Waals surface area contributed by atoms with E-state index in [1.807, 2.05) is 6.08 Å². The van der Waals surface area contributed by atoms with E-state index < -0.39 is 0 Å². The summed E-state index contributed by atoms with van der Waals surface area (Å²) in [5.41, 5.74) is 0. The lowest BCUT2D eigenvalue weighted by molar-refractivity contribution is 0.986. The Morgan fingerprint density at radius 1 is 0.667 bits per heavy atom. The monoisotopic (exact) mass is 204 g/mol. The molecule has 0 aromatic heterocycles. The van der Waals surface area contributed by atoms with Crippen LogP contribution in [0.1, 0.15) is 45.4 Å². The molecule has 0 saturated carbocycles. The lowest BCUT2D eigenvalue weighted by Crippen LogP contribution is -1.68. The fraction of sp³-hybridized carbons (Fsp3) is 0.467. The predicted octanol–water partition coefficient (Wildman–Crippen LogP) is 5.20. The highest BCUT2D eigenvalue weighted by atomic mass is 13.9. The van der Waals surface area contributed by atoms with Crippen LogP contribution in [0.25, 0.3) is 0 Å². The molecule has 0 heterocycles. The summed E-state index contributed by atoms with van der Waals surface area (Å²) in [6.07, 6.45) is 22.2. The molecule has 0 spiro atoms. The SMILES string of the molecule is C=CCCC=CCCC=CCCC=CC. The molecule has 0 aromatic rings. The fourth-order valence-corrected chi connectivity index (χ4v) is 1.24. The Hall–Kier alpha value is -1.04. The maximum absolute atomic E-state index is 3.69. The van der Waals surface area contributed by atoms with Crippen molar-refractivity contribution in [3.63, 3.8) is 0 Å². The number of hydrogen-bond acceptors (Lipinski definition) is 0. The Bertz CT molecular complexity index is 206. The van der Waals surface area contributed by atoms with E-state index in [-0.39, 0.29) is 0 Å². The molecule has 0 amide bonds. The molecule has 0 nitrogen and oxygen atoms in total. The first-order valence-corrected chi connectivity index (χ1v) is 5.94. The van der Waals surface area contributed by atoms with Crippen LogP contribution in [0.4, 0.5) is 0 Å². The molecule has 0 fully saturated rings. The lowest BCUT2D eigenvalue weighted by atomic mass is 10.2. The molecule has 0 aliphatic heterocycles. The number of rotatable bonds is 9. The summed E-state index contributed by atoms with van der Waals surface area (Å²) in [4.78, 5) is 0. The van der Waals surface area contributed by atoms with Gasteiger partial charge in [-0.2, -0.15) is 0 Å². The zero-order valence-electron chi connectivity index (χ0n) is 9.99. The van der Waals surface area contributed by atoms with Crippen LogP contribution in [0.5, 0.6) is 0 Å². The largest absolute Gasteiger partial charge is 0.103 e. The van der Waals surface area contributed by atoms with Gasteiger partial charge in [0.1, 0.15) is 0 Å². The van der Waals surface area contributed by atoms with Crippen molar-refractivity contribution in [2.45, 2.75) is 45.4 Å². The maximum Gasteiger partial charge on any atom is -0.0316 e. The Morgan fingerprint density at radius 3 is 1.47 bits per heavy atom. The van der Waals surface area contributed by atoms with Crippen LogP contribution in [0.15, 0.2) is 49.1 Å². The van der Waals surface area contributed by atoms with Gasteiger partial charge in [0.15, 0.2) is 0 Å². The number of allylic oxidation sites excluding steroid dienone is 7. The molecule has 0 aromatic carbocycles. The quantitative estimate of drug-likeness (QED) is 0.357. The molecule has 84 valence electrons. The van der Waals surface area contributed by atoms with Gasteiger partial charge in [0, 0.05) is 0 Å². The fourth-order valence-electron chi connectivity index (χ4n) is 1.24. The van der Waals surface area contributed by atoms with Gasteiger partial charge in [0.25, 0.3) is 0 Å². The Morgan fingerprint density at radius 2 is 1.07 bits per heavy atom. The van der Waals surface area contributed by atoms with E-state index in [1.165, 1.54) is 19.3 Å². The standard InChI is InChI=1S/C15H24/c1-3-5-7-9-11-13-15-14-12-10-8-6-4-2/h3-4,6,9,11-12,14H,1,5,7-8,10,13,15H2,2H3. The minimum absolute atomic E-state index is 1.09. The summed E-state index contributed by atoms with van der Waals surface area (Å²) >= 11 is 0. The molecular formula is C15H24. The van der Waals surface area contributed by atoms with Crippen LogP contribution in [0.2, 0.25) is 0 Å². The van der Waals surface area contributed by atoms with E-state index in [4.69, 9.17) is 0 Å². The first-order valence-electron chi connectivity index (χ1n) is 5.94. The highest BCUT2D eigenvalue weighted by molar-refractivity contribution is 4.90. The van der Waals surface area contributed by atoms with Gasteiger partial charge >= 0.3 is 0 Å². The normalized spacial score (nSPS) is 12.1. The van der Waals surface area contributed by atoms with E-state index in [0.717, 1.165) is 19.3 Å². The Kier molecular flexibility index (Phi) is 12.1. The van der Waals surface area contributed by atoms with E-state index in [0.29, 0.717) is 0 Å². The van der Waals surface area contributed by atoms with Crippen molar-refractivity contribution in [1.82, 2.24) is 0 Å². The second-order valence-electron chi connectivity index (χ2n) is 3.53. The lowest BCUT2D eigenvalue weighted by Gasteiger charge is -1.89. The smallest absolute Gasteiger partial charge is 0.0316 e. The van der Waals surface area contributed by atoms with Gasteiger partial charge in [-0.3, -0.25) is 0 Å². The van der Waals surface area contributed by atoms with Crippen LogP contribution >= 0.6 is 0 Å². The minimum atomic E-state index is 1.09. The Balaban J connectivity index is 3.22. The molecule has 0 radical (unpaired) electrons. The number of hydrogen-bond donors (Lipinski definition) is 0. The summed E-state index contributed by atoms with van der Waals surface area (Å²) in [6, 6.07) is 0. The van der Waals surface area contributed by atoms with Crippen molar-refractivity contribution in [3.05, 3.63) is 49.1 Å². The van der Waals surface area contributed by atoms with Gasteiger partial charge in [-0.05, 0) is 45.4 Å². The molecule has 0 saturated heterocycles. The maximum atomic E-state index is 3.69. The van der Waals surface area contributed by atoms with Crippen molar-refractivity contribution < 1.29 is 0 Å². The Labute approximate surface area is 95.1 Å². The molecule has 0 bridgehead atoms. The topological polar surface area (TPSA) is 0 Å². The van der Waals surface area contributed by atoms with E-state index in [1.54, 1.807) is 0 Å². The van der Waals surface area contributed by atoms with Gasteiger partial charge in [0.05, 0.1) is 0 Å². The molecule has 0 unspecified atom stereocenters.